The third kappa shape index (κ3) is 5.58. The van der Waals surface area contributed by atoms with E-state index in [0.717, 1.165) is 4.90 Å². The van der Waals surface area contributed by atoms with E-state index in [2.05, 4.69) is 0 Å². The highest BCUT2D eigenvalue weighted by atomic mass is 16.6. The van der Waals surface area contributed by atoms with Crippen LogP contribution in [0.2, 0.25) is 0 Å². The normalized spacial score (nSPS) is 11.7. The topological polar surface area (TPSA) is 55.8 Å². The first-order chi connectivity index (χ1) is 10.6. The molecule has 0 spiro atoms. The monoisotopic (exact) mass is 321 g/mol. The molecule has 0 N–H and O–H groups in total. The van der Waals surface area contributed by atoms with Crippen LogP contribution in [-0.2, 0) is 9.47 Å². The fourth-order valence-electron chi connectivity index (χ4n) is 1.57. The second-order valence-electron chi connectivity index (χ2n) is 6.63. The summed E-state index contributed by atoms with van der Waals surface area (Å²) in [7, 11) is 0. The first-order valence-corrected chi connectivity index (χ1v) is 7.93. The number of hydrogen-bond donors (Lipinski definition) is 0. The maximum absolute atomic E-state index is 12.5. The molecule has 0 aromatic heterocycles. The van der Waals surface area contributed by atoms with Gasteiger partial charge in [-0.15, -0.1) is 0 Å². The average molecular weight is 321 g/mol. The van der Waals surface area contributed by atoms with Gasteiger partial charge in [-0.2, -0.15) is 4.90 Å². The third-order valence-corrected chi connectivity index (χ3v) is 3.81. The van der Waals surface area contributed by atoms with Gasteiger partial charge in [-0.3, -0.25) is 0 Å². The van der Waals surface area contributed by atoms with Crippen LogP contribution < -0.4 is 4.90 Å². The van der Waals surface area contributed by atoms with Gasteiger partial charge in [-0.05, 0) is 52.7 Å². The van der Waals surface area contributed by atoms with Crippen LogP contribution in [0.25, 0.3) is 0 Å². The molecule has 0 aliphatic rings. The minimum absolute atomic E-state index is 0.418. The molecule has 0 radical (unpaired) electrons. The summed E-state index contributed by atoms with van der Waals surface area (Å²) in [6.07, 6.45) is -0.201. The van der Waals surface area contributed by atoms with Gasteiger partial charge < -0.3 is 9.47 Å². The van der Waals surface area contributed by atoms with Crippen LogP contribution in [0.4, 0.5) is 15.3 Å². The Morgan fingerprint density at radius 1 is 0.870 bits per heavy atom. The van der Waals surface area contributed by atoms with Crippen molar-refractivity contribution in [3.05, 3.63) is 30.3 Å². The van der Waals surface area contributed by atoms with E-state index in [1.165, 1.54) is 0 Å². The molecule has 23 heavy (non-hydrogen) atoms. The number of nitrogens with zero attached hydrogens (tertiary/aromatic N) is 1. The first-order valence-electron chi connectivity index (χ1n) is 7.93. The summed E-state index contributed by atoms with van der Waals surface area (Å²) in [4.78, 5) is 26.0. The number of carbonyl (C=O) groups is 2. The SMILES string of the molecule is CCC(C)(C)OC(=O)N(C(=O)OC(C)(C)CC)c1ccccc1. The number of hydrogen-bond acceptors (Lipinski definition) is 4. The predicted octanol–water partition coefficient (Wildman–Crippen LogP) is 5.14. The van der Waals surface area contributed by atoms with E-state index in [0.29, 0.717) is 18.5 Å². The van der Waals surface area contributed by atoms with Crippen LogP contribution in [0, 0.1) is 0 Å². The Morgan fingerprint density at radius 2 is 1.26 bits per heavy atom. The Balaban J connectivity index is 3.08. The van der Waals surface area contributed by atoms with E-state index in [-0.39, 0.29) is 0 Å². The van der Waals surface area contributed by atoms with Gasteiger partial charge >= 0.3 is 12.2 Å². The molecule has 0 saturated heterocycles. The number of benzene rings is 1. The highest BCUT2D eigenvalue weighted by Gasteiger charge is 2.33. The smallest absolute Gasteiger partial charge is 0.424 e. The van der Waals surface area contributed by atoms with E-state index in [1.54, 1.807) is 52.0 Å². The lowest BCUT2D eigenvalue weighted by atomic mass is 10.1. The summed E-state index contributed by atoms with van der Waals surface area (Å²) >= 11 is 0. The molecule has 0 heterocycles. The number of para-hydroxylation sites is 1. The van der Waals surface area contributed by atoms with Gasteiger partial charge in [0.2, 0.25) is 0 Å². The van der Waals surface area contributed by atoms with Crippen molar-refractivity contribution in [2.24, 2.45) is 0 Å². The number of rotatable bonds is 5. The molecule has 0 fully saturated rings. The van der Waals surface area contributed by atoms with Gasteiger partial charge in [0, 0.05) is 0 Å². The highest BCUT2D eigenvalue weighted by Crippen LogP contribution is 2.23. The zero-order chi connectivity index (χ0) is 17.7. The van der Waals surface area contributed by atoms with Crippen molar-refractivity contribution in [1.82, 2.24) is 0 Å². The zero-order valence-corrected chi connectivity index (χ0v) is 14.9. The quantitative estimate of drug-likeness (QED) is 0.753. The molecule has 1 aromatic carbocycles. The fourth-order valence-corrected chi connectivity index (χ4v) is 1.57. The molecular formula is C18H27NO4. The second-order valence-corrected chi connectivity index (χ2v) is 6.63. The van der Waals surface area contributed by atoms with Crippen molar-refractivity contribution in [1.29, 1.82) is 0 Å². The van der Waals surface area contributed by atoms with E-state index in [4.69, 9.17) is 9.47 Å². The summed E-state index contributed by atoms with van der Waals surface area (Å²) in [5.41, 5.74) is -0.906. The van der Waals surface area contributed by atoms with Crippen LogP contribution in [0.5, 0.6) is 0 Å². The summed E-state index contributed by atoms with van der Waals surface area (Å²) < 4.78 is 10.9. The van der Waals surface area contributed by atoms with Crippen molar-refractivity contribution < 1.29 is 19.1 Å². The van der Waals surface area contributed by atoms with E-state index in [1.807, 2.05) is 19.9 Å². The Bertz CT molecular complexity index is 507. The van der Waals surface area contributed by atoms with Crippen molar-refractivity contribution in [2.75, 3.05) is 4.90 Å². The minimum Gasteiger partial charge on any atom is -0.443 e. The summed E-state index contributed by atoms with van der Waals surface area (Å²) in [5, 5.41) is 0. The van der Waals surface area contributed by atoms with Gasteiger partial charge in [-0.1, -0.05) is 32.0 Å². The lowest BCUT2D eigenvalue weighted by Gasteiger charge is -2.30. The Kier molecular flexibility index (Phi) is 6.19. The maximum atomic E-state index is 12.5. The molecule has 2 amide bonds. The molecule has 5 heteroatoms. The molecule has 0 saturated carbocycles. The van der Waals surface area contributed by atoms with Crippen LogP contribution in [0.3, 0.4) is 0 Å². The largest absolute Gasteiger partial charge is 0.443 e. The van der Waals surface area contributed by atoms with Crippen molar-refractivity contribution >= 4 is 17.9 Å². The summed E-state index contributed by atoms with van der Waals surface area (Å²) in [5.74, 6) is 0. The molecular weight excluding hydrogens is 294 g/mol. The molecule has 128 valence electrons. The summed E-state index contributed by atoms with van der Waals surface area (Å²) in [6, 6.07) is 8.64. The minimum atomic E-state index is -0.736. The van der Waals surface area contributed by atoms with Gasteiger partial charge in [0.15, 0.2) is 0 Å². The molecule has 0 aliphatic carbocycles. The van der Waals surface area contributed by atoms with Gasteiger partial charge in [0.1, 0.15) is 11.2 Å². The Hall–Kier alpha value is -2.04. The lowest BCUT2D eigenvalue weighted by molar-refractivity contribution is 0.0271. The third-order valence-electron chi connectivity index (χ3n) is 3.81. The number of ether oxygens (including phenoxy) is 2. The molecule has 1 rings (SSSR count). The Morgan fingerprint density at radius 3 is 1.61 bits per heavy atom. The molecule has 0 atom stereocenters. The van der Waals surface area contributed by atoms with Crippen LogP contribution in [0.1, 0.15) is 54.4 Å². The van der Waals surface area contributed by atoms with Crippen molar-refractivity contribution in [3.63, 3.8) is 0 Å². The van der Waals surface area contributed by atoms with Crippen LogP contribution in [-0.4, -0.2) is 23.4 Å². The zero-order valence-electron chi connectivity index (χ0n) is 14.9. The number of amides is 2. The van der Waals surface area contributed by atoms with E-state index < -0.39 is 23.4 Å². The standard InChI is InChI=1S/C18H27NO4/c1-7-17(3,4)22-15(20)19(14-12-10-9-11-13-14)16(21)23-18(5,6)8-2/h9-13H,7-8H2,1-6H3. The van der Waals surface area contributed by atoms with Crippen LogP contribution >= 0.6 is 0 Å². The number of anilines is 1. The van der Waals surface area contributed by atoms with Crippen molar-refractivity contribution in [3.8, 4) is 0 Å². The first kappa shape index (κ1) is 19.0. The number of carbonyl (C=O) groups excluding carboxylic acids is 2. The average Bonchev–Trinajstić information content (AvgIpc) is 2.47. The van der Waals surface area contributed by atoms with Gasteiger partial charge in [0.25, 0.3) is 0 Å². The lowest BCUT2D eigenvalue weighted by Crippen LogP contribution is -2.44. The van der Waals surface area contributed by atoms with E-state index in [9.17, 15) is 9.59 Å². The van der Waals surface area contributed by atoms with Gasteiger partial charge in [0.05, 0.1) is 5.69 Å². The number of imide groups is 1. The second kappa shape index (κ2) is 7.49. The van der Waals surface area contributed by atoms with E-state index >= 15 is 0 Å². The highest BCUT2D eigenvalue weighted by molar-refractivity contribution is 6.09. The maximum Gasteiger partial charge on any atom is 0.424 e. The summed E-state index contributed by atoms with van der Waals surface area (Å²) in [6.45, 7) is 11.0. The van der Waals surface area contributed by atoms with Crippen molar-refractivity contribution in [2.45, 2.75) is 65.6 Å². The van der Waals surface area contributed by atoms with Crippen LogP contribution in [0.15, 0.2) is 30.3 Å². The molecule has 0 unspecified atom stereocenters. The van der Waals surface area contributed by atoms with Gasteiger partial charge in [-0.25, -0.2) is 9.59 Å². The molecule has 0 bridgehead atoms. The Labute approximate surface area is 138 Å². The molecule has 5 nitrogen and oxygen atoms in total. The molecule has 1 aromatic rings. The predicted molar refractivity (Wildman–Crippen MR) is 90.6 cm³/mol. The fraction of sp³-hybridized carbons (Fsp3) is 0.556. The molecule has 0 aliphatic heterocycles.